The van der Waals surface area contributed by atoms with Gasteiger partial charge in [0.1, 0.15) is 5.76 Å². The van der Waals surface area contributed by atoms with Crippen molar-refractivity contribution in [1.82, 2.24) is 9.97 Å². The molecule has 0 unspecified atom stereocenters. The van der Waals surface area contributed by atoms with Crippen LogP contribution in [-0.2, 0) is 6.18 Å². The summed E-state index contributed by atoms with van der Waals surface area (Å²) in [4.78, 5) is 7.55. The van der Waals surface area contributed by atoms with E-state index in [9.17, 15) is 13.2 Å². The summed E-state index contributed by atoms with van der Waals surface area (Å²) in [6, 6.07) is 16.3. The number of aryl methyl sites for hydroxylation is 1. The molecule has 0 bridgehead atoms. The van der Waals surface area contributed by atoms with Crippen LogP contribution in [0.25, 0.3) is 34.2 Å². The maximum absolute atomic E-state index is 13.2. The van der Waals surface area contributed by atoms with Gasteiger partial charge in [-0.05, 0) is 30.7 Å². The molecule has 136 valence electrons. The average molecular weight is 368 g/mol. The first kappa shape index (κ1) is 17.1. The normalized spacial score (nSPS) is 11.7. The first-order valence-electron chi connectivity index (χ1n) is 8.32. The van der Waals surface area contributed by atoms with Crippen molar-refractivity contribution in [2.75, 3.05) is 0 Å². The molecule has 27 heavy (non-hydrogen) atoms. The average Bonchev–Trinajstić information content (AvgIpc) is 3.31. The Hall–Kier alpha value is -3.28. The zero-order valence-corrected chi connectivity index (χ0v) is 14.3. The Labute approximate surface area is 153 Å². The summed E-state index contributed by atoms with van der Waals surface area (Å²) in [6.07, 6.45) is -2.70. The van der Waals surface area contributed by atoms with Crippen molar-refractivity contribution in [1.29, 1.82) is 0 Å². The van der Waals surface area contributed by atoms with Crippen molar-refractivity contribution in [3.05, 3.63) is 78.0 Å². The first-order chi connectivity index (χ1) is 12.9. The number of rotatable bonds is 3. The van der Waals surface area contributed by atoms with E-state index < -0.39 is 11.7 Å². The number of imidazole rings is 1. The topological polar surface area (TPSA) is 41.8 Å². The number of benzene rings is 2. The van der Waals surface area contributed by atoms with Crippen molar-refractivity contribution < 1.29 is 17.6 Å². The second kappa shape index (κ2) is 6.46. The number of halogens is 3. The molecule has 0 amide bonds. The lowest BCUT2D eigenvalue weighted by molar-refractivity contribution is -0.137. The van der Waals surface area contributed by atoms with Crippen molar-refractivity contribution in [2.45, 2.75) is 13.1 Å². The highest BCUT2D eigenvalue weighted by molar-refractivity contribution is 5.68. The standard InChI is InChI=1S/C21H15F3N2O/c1-13-6-2-3-7-14(13)17-12-25-20(26-17)19-11-10-18(27-19)15-8-4-5-9-16(15)21(22,23)24/h2-12H,1H3,(H,25,26). The third-order valence-electron chi connectivity index (χ3n) is 4.34. The van der Waals surface area contributed by atoms with Gasteiger partial charge in [0.2, 0.25) is 0 Å². The second-order valence-electron chi connectivity index (χ2n) is 6.16. The van der Waals surface area contributed by atoms with Crippen LogP contribution >= 0.6 is 0 Å². The Bertz CT molecular complexity index is 1090. The monoisotopic (exact) mass is 368 g/mol. The predicted molar refractivity (Wildman–Crippen MR) is 96.9 cm³/mol. The fourth-order valence-corrected chi connectivity index (χ4v) is 3.00. The van der Waals surface area contributed by atoms with Crippen LogP contribution in [0.2, 0.25) is 0 Å². The maximum atomic E-state index is 13.2. The van der Waals surface area contributed by atoms with E-state index in [1.54, 1.807) is 18.3 Å². The zero-order chi connectivity index (χ0) is 19.0. The number of nitrogens with zero attached hydrogens (tertiary/aromatic N) is 1. The van der Waals surface area contributed by atoms with Crippen LogP contribution < -0.4 is 0 Å². The van der Waals surface area contributed by atoms with E-state index in [1.807, 2.05) is 31.2 Å². The van der Waals surface area contributed by atoms with Crippen LogP contribution in [-0.4, -0.2) is 9.97 Å². The third-order valence-corrected chi connectivity index (χ3v) is 4.34. The number of aromatic amines is 1. The van der Waals surface area contributed by atoms with Gasteiger partial charge in [-0.1, -0.05) is 42.5 Å². The van der Waals surface area contributed by atoms with Crippen molar-refractivity contribution in [2.24, 2.45) is 0 Å². The highest BCUT2D eigenvalue weighted by Crippen LogP contribution is 2.38. The largest absolute Gasteiger partial charge is 0.453 e. The molecule has 0 fully saturated rings. The molecule has 2 aromatic heterocycles. The van der Waals surface area contributed by atoms with Gasteiger partial charge in [-0.2, -0.15) is 13.2 Å². The third kappa shape index (κ3) is 3.26. The highest BCUT2D eigenvalue weighted by atomic mass is 19.4. The smallest absolute Gasteiger partial charge is 0.417 e. The Kier molecular flexibility index (Phi) is 4.11. The van der Waals surface area contributed by atoms with Gasteiger partial charge < -0.3 is 9.40 Å². The van der Waals surface area contributed by atoms with Crippen molar-refractivity contribution >= 4 is 0 Å². The molecule has 6 heteroatoms. The minimum absolute atomic E-state index is 0.00179. The molecule has 0 saturated carbocycles. The van der Waals surface area contributed by atoms with Gasteiger partial charge in [0, 0.05) is 17.3 Å². The molecule has 0 saturated heterocycles. The van der Waals surface area contributed by atoms with Crippen LogP contribution in [0.1, 0.15) is 11.1 Å². The fraction of sp³-hybridized carbons (Fsp3) is 0.0952. The van der Waals surface area contributed by atoms with Crippen LogP contribution in [0, 0.1) is 6.92 Å². The lowest BCUT2D eigenvalue weighted by Crippen LogP contribution is -2.06. The van der Waals surface area contributed by atoms with E-state index in [0.29, 0.717) is 11.6 Å². The molecule has 2 aromatic carbocycles. The lowest BCUT2D eigenvalue weighted by Gasteiger charge is -2.10. The predicted octanol–water partition coefficient (Wildman–Crippen LogP) is 6.33. The molecule has 2 heterocycles. The Morgan fingerprint density at radius 2 is 1.52 bits per heavy atom. The Morgan fingerprint density at radius 3 is 2.26 bits per heavy atom. The highest BCUT2D eigenvalue weighted by Gasteiger charge is 2.34. The molecule has 1 N–H and O–H groups in total. The van der Waals surface area contributed by atoms with Crippen molar-refractivity contribution in [3.63, 3.8) is 0 Å². The van der Waals surface area contributed by atoms with Crippen LogP contribution in [0.15, 0.2) is 71.3 Å². The van der Waals surface area contributed by atoms with Gasteiger partial charge in [0.25, 0.3) is 0 Å². The van der Waals surface area contributed by atoms with Crippen molar-refractivity contribution in [3.8, 4) is 34.2 Å². The molecule has 4 rings (SSSR count). The first-order valence-corrected chi connectivity index (χ1v) is 8.32. The van der Waals surface area contributed by atoms with E-state index in [0.717, 1.165) is 22.9 Å². The molecular weight excluding hydrogens is 353 g/mol. The summed E-state index contributed by atoms with van der Waals surface area (Å²) in [5.74, 6) is 0.984. The Balaban J connectivity index is 1.70. The van der Waals surface area contributed by atoms with Crippen LogP contribution in [0.5, 0.6) is 0 Å². The zero-order valence-electron chi connectivity index (χ0n) is 14.3. The molecule has 4 aromatic rings. The summed E-state index contributed by atoms with van der Waals surface area (Å²) in [7, 11) is 0. The van der Waals surface area contributed by atoms with E-state index in [2.05, 4.69) is 9.97 Å². The number of hydrogen-bond acceptors (Lipinski definition) is 2. The maximum Gasteiger partial charge on any atom is 0.417 e. The molecule has 3 nitrogen and oxygen atoms in total. The molecular formula is C21H15F3N2O. The number of alkyl halides is 3. The van der Waals surface area contributed by atoms with Gasteiger partial charge in [-0.15, -0.1) is 0 Å². The molecule has 0 atom stereocenters. The van der Waals surface area contributed by atoms with Gasteiger partial charge in [-0.25, -0.2) is 4.98 Å². The minimum Gasteiger partial charge on any atom is -0.453 e. The molecule has 0 radical (unpaired) electrons. The summed E-state index contributed by atoms with van der Waals surface area (Å²) >= 11 is 0. The number of furan rings is 1. The number of H-pyrrole nitrogens is 1. The quantitative estimate of drug-likeness (QED) is 0.459. The summed E-state index contributed by atoms with van der Waals surface area (Å²) < 4.78 is 45.4. The van der Waals surface area contributed by atoms with E-state index in [4.69, 9.17) is 4.42 Å². The van der Waals surface area contributed by atoms with E-state index >= 15 is 0 Å². The lowest BCUT2D eigenvalue weighted by atomic mass is 10.1. The fourth-order valence-electron chi connectivity index (χ4n) is 3.00. The van der Waals surface area contributed by atoms with Crippen LogP contribution in [0.4, 0.5) is 13.2 Å². The number of aromatic nitrogens is 2. The van der Waals surface area contributed by atoms with Gasteiger partial charge in [0.05, 0.1) is 11.3 Å². The summed E-state index contributed by atoms with van der Waals surface area (Å²) in [5.41, 5.74) is 2.08. The van der Waals surface area contributed by atoms with Gasteiger partial charge in [0.15, 0.2) is 11.6 Å². The summed E-state index contributed by atoms with van der Waals surface area (Å²) in [5, 5.41) is 0. The van der Waals surface area contributed by atoms with E-state index in [-0.39, 0.29) is 11.3 Å². The Morgan fingerprint density at radius 1 is 0.852 bits per heavy atom. The summed E-state index contributed by atoms with van der Waals surface area (Å²) in [6.45, 7) is 1.99. The van der Waals surface area contributed by atoms with Gasteiger partial charge in [-0.3, -0.25) is 0 Å². The van der Waals surface area contributed by atoms with Gasteiger partial charge >= 0.3 is 6.18 Å². The van der Waals surface area contributed by atoms with E-state index in [1.165, 1.54) is 18.2 Å². The number of nitrogens with one attached hydrogen (secondary N) is 1. The number of hydrogen-bond donors (Lipinski definition) is 1. The van der Waals surface area contributed by atoms with Crippen LogP contribution in [0.3, 0.4) is 0 Å². The molecule has 0 aliphatic carbocycles. The molecule has 0 spiro atoms. The molecule has 0 aliphatic heterocycles. The SMILES string of the molecule is Cc1ccccc1-c1c[nH]c(-c2ccc(-c3ccccc3C(F)(F)F)o2)n1. The molecule has 0 aliphatic rings. The second-order valence-corrected chi connectivity index (χ2v) is 6.16. The minimum atomic E-state index is -4.45.